The van der Waals surface area contributed by atoms with Crippen LogP contribution >= 0.6 is 23.2 Å². The highest BCUT2D eigenvalue weighted by molar-refractivity contribution is 6.35. The van der Waals surface area contributed by atoms with Gasteiger partial charge < -0.3 is 15.7 Å². The van der Waals surface area contributed by atoms with Gasteiger partial charge in [-0.2, -0.15) is 5.10 Å². The van der Waals surface area contributed by atoms with Gasteiger partial charge in [0.2, 0.25) is 5.91 Å². The van der Waals surface area contributed by atoms with E-state index in [1.165, 1.54) is 16.8 Å². The second-order valence-corrected chi connectivity index (χ2v) is 9.50. The predicted molar refractivity (Wildman–Crippen MR) is 131 cm³/mol. The van der Waals surface area contributed by atoms with Crippen molar-refractivity contribution in [2.24, 2.45) is 5.41 Å². The molecule has 3 rings (SSSR count). The number of hydrogen-bond acceptors (Lipinski definition) is 4. The van der Waals surface area contributed by atoms with E-state index in [0.717, 1.165) is 0 Å². The van der Waals surface area contributed by atoms with E-state index in [0.29, 0.717) is 22.1 Å². The molecule has 1 aromatic heterocycles. The van der Waals surface area contributed by atoms with Crippen LogP contribution in [0.1, 0.15) is 49.3 Å². The molecule has 3 aromatic rings. The fourth-order valence-corrected chi connectivity index (χ4v) is 3.62. The molecular weight excluding hydrogens is 479 g/mol. The average Bonchev–Trinajstić information content (AvgIpc) is 3.17. The molecule has 0 bridgehead atoms. The number of halogens is 2. The first-order valence-electron chi connectivity index (χ1n) is 10.4. The van der Waals surface area contributed by atoms with Crippen LogP contribution in [0.5, 0.6) is 0 Å². The molecule has 0 saturated heterocycles. The molecule has 34 heavy (non-hydrogen) atoms. The number of carboxylic acids is 1. The summed E-state index contributed by atoms with van der Waals surface area (Å²) < 4.78 is 1.44. The minimum absolute atomic E-state index is 0.00598. The van der Waals surface area contributed by atoms with Gasteiger partial charge in [-0.15, -0.1) is 0 Å². The average molecular weight is 503 g/mol. The summed E-state index contributed by atoms with van der Waals surface area (Å²) in [5.74, 6) is -1.70. The lowest BCUT2D eigenvalue weighted by Gasteiger charge is -2.18. The molecular formula is C24H24Cl2N4O4. The number of nitrogens with zero attached hydrogens (tertiary/aromatic N) is 2. The molecule has 0 aliphatic heterocycles. The fraction of sp³-hybridized carbons (Fsp3) is 0.250. The Bertz CT molecular complexity index is 1220. The first-order valence-corrected chi connectivity index (χ1v) is 11.2. The maximum absolute atomic E-state index is 13.1. The molecule has 0 aliphatic carbocycles. The van der Waals surface area contributed by atoms with Gasteiger partial charge in [-0.1, -0.05) is 68.2 Å². The molecule has 8 nitrogen and oxygen atoms in total. The monoisotopic (exact) mass is 502 g/mol. The number of carbonyl (C=O) groups is 3. The van der Waals surface area contributed by atoms with Crippen LogP contribution in [-0.4, -0.2) is 32.7 Å². The number of amides is 2. The lowest BCUT2D eigenvalue weighted by Crippen LogP contribution is -2.30. The van der Waals surface area contributed by atoms with Crippen LogP contribution in [0.15, 0.2) is 54.6 Å². The number of aromatic nitrogens is 2. The maximum Gasteiger partial charge on any atom is 0.305 e. The van der Waals surface area contributed by atoms with Crippen molar-refractivity contribution >= 4 is 46.8 Å². The van der Waals surface area contributed by atoms with Crippen LogP contribution in [0, 0.1) is 5.41 Å². The van der Waals surface area contributed by atoms with E-state index in [-0.39, 0.29) is 16.6 Å². The van der Waals surface area contributed by atoms with Crippen molar-refractivity contribution in [3.05, 3.63) is 75.9 Å². The first kappa shape index (κ1) is 25.3. The zero-order chi connectivity index (χ0) is 25.0. The number of nitrogens with one attached hydrogen (secondary N) is 2. The minimum atomic E-state index is -1.12. The second-order valence-electron chi connectivity index (χ2n) is 8.66. The van der Waals surface area contributed by atoms with Crippen molar-refractivity contribution in [3.63, 3.8) is 0 Å². The van der Waals surface area contributed by atoms with E-state index >= 15 is 0 Å². The lowest BCUT2D eigenvalue weighted by molar-refractivity contribution is -0.137. The third-order valence-corrected chi connectivity index (χ3v) is 5.45. The number of carboxylic acid groups (broad SMARTS) is 1. The van der Waals surface area contributed by atoms with Crippen molar-refractivity contribution in [2.45, 2.75) is 33.2 Å². The van der Waals surface area contributed by atoms with E-state index < -0.39 is 29.8 Å². The smallest absolute Gasteiger partial charge is 0.305 e. The summed E-state index contributed by atoms with van der Waals surface area (Å²) in [4.78, 5) is 37.2. The Morgan fingerprint density at radius 2 is 1.74 bits per heavy atom. The number of carbonyl (C=O) groups excluding carboxylic acids is 2. The van der Waals surface area contributed by atoms with Crippen LogP contribution < -0.4 is 10.6 Å². The van der Waals surface area contributed by atoms with Gasteiger partial charge in [-0.25, -0.2) is 4.68 Å². The second kappa shape index (κ2) is 10.3. The number of anilines is 1. The highest BCUT2D eigenvalue weighted by Gasteiger charge is 2.26. The van der Waals surface area contributed by atoms with Gasteiger partial charge in [0.25, 0.3) is 5.91 Å². The van der Waals surface area contributed by atoms with Gasteiger partial charge in [0, 0.05) is 21.5 Å². The predicted octanol–water partition coefficient (Wildman–Crippen LogP) is 5.11. The maximum atomic E-state index is 13.1. The summed E-state index contributed by atoms with van der Waals surface area (Å²) in [5.41, 5.74) is 0.360. The number of hydrogen-bond donors (Lipinski definition) is 3. The van der Waals surface area contributed by atoms with Gasteiger partial charge in [-0.05, 0) is 29.8 Å². The first-order chi connectivity index (χ1) is 16.0. The van der Waals surface area contributed by atoms with Gasteiger partial charge in [0.1, 0.15) is 5.82 Å². The highest BCUT2D eigenvalue weighted by Crippen LogP contribution is 2.29. The molecule has 0 aliphatic rings. The number of aliphatic carboxylic acids is 1. The Kier molecular flexibility index (Phi) is 7.64. The third kappa shape index (κ3) is 6.15. The fourth-order valence-electron chi connectivity index (χ4n) is 3.08. The van der Waals surface area contributed by atoms with Crippen molar-refractivity contribution in [1.29, 1.82) is 0 Å². The SMILES string of the molecule is CC(C)(C)C(=O)Nc1cc(C(=O)NC(CC(=O)O)c2ccc(Cl)cc2Cl)nn1-c1ccccc1. The summed E-state index contributed by atoms with van der Waals surface area (Å²) in [5, 5.41) is 19.8. The van der Waals surface area contributed by atoms with Crippen molar-refractivity contribution in [1.82, 2.24) is 15.1 Å². The number of para-hydroxylation sites is 1. The van der Waals surface area contributed by atoms with Crippen molar-refractivity contribution < 1.29 is 19.5 Å². The molecule has 2 amide bonds. The topological polar surface area (TPSA) is 113 Å². The summed E-state index contributed by atoms with van der Waals surface area (Å²) in [7, 11) is 0. The van der Waals surface area contributed by atoms with Crippen molar-refractivity contribution in [2.75, 3.05) is 5.32 Å². The molecule has 1 unspecified atom stereocenters. The van der Waals surface area contributed by atoms with Gasteiger partial charge >= 0.3 is 5.97 Å². The Labute approximate surface area is 206 Å². The standard InChI is InChI=1S/C24H24Cl2N4O4/c1-24(2,3)23(34)28-20-12-19(29-30(20)15-7-5-4-6-8-15)22(33)27-18(13-21(31)32)16-10-9-14(25)11-17(16)26/h4-12,18H,13H2,1-3H3,(H,27,33)(H,28,34)(H,31,32). The Morgan fingerprint density at radius 3 is 2.32 bits per heavy atom. The summed E-state index contributed by atoms with van der Waals surface area (Å²) >= 11 is 12.2. The molecule has 1 atom stereocenters. The van der Waals surface area contributed by atoms with Crippen LogP contribution in [0.2, 0.25) is 10.0 Å². The molecule has 178 valence electrons. The molecule has 0 fully saturated rings. The van der Waals surface area contributed by atoms with Crippen LogP contribution in [0.25, 0.3) is 5.69 Å². The quantitative estimate of drug-likeness (QED) is 0.415. The number of rotatable bonds is 7. The molecule has 10 heteroatoms. The van der Waals surface area contributed by atoms with Crippen LogP contribution in [-0.2, 0) is 9.59 Å². The third-order valence-electron chi connectivity index (χ3n) is 4.89. The van der Waals surface area contributed by atoms with E-state index in [1.807, 2.05) is 6.07 Å². The Morgan fingerprint density at radius 1 is 1.06 bits per heavy atom. The van der Waals surface area contributed by atoms with Gasteiger partial charge in [0.05, 0.1) is 18.2 Å². The van der Waals surface area contributed by atoms with E-state index in [1.54, 1.807) is 57.2 Å². The van der Waals surface area contributed by atoms with E-state index in [4.69, 9.17) is 23.2 Å². The summed E-state index contributed by atoms with van der Waals surface area (Å²) in [6.45, 7) is 5.31. The minimum Gasteiger partial charge on any atom is -0.481 e. The molecule has 2 aromatic carbocycles. The molecule has 0 spiro atoms. The van der Waals surface area contributed by atoms with Gasteiger partial charge in [-0.3, -0.25) is 14.4 Å². The zero-order valence-corrected chi connectivity index (χ0v) is 20.3. The molecule has 1 heterocycles. The molecule has 0 radical (unpaired) electrons. The van der Waals surface area contributed by atoms with Gasteiger partial charge in [0.15, 0.2) is 5.69 Å². The van der Waals surface area contributed by atoms with Crippen LogP contribution in [0.3, 0.4) is 0 Å². The summed E-state index contributed by atoms with van der Waals surface area (Å²) in [6.07, 6.45) is -0.403. The summed E-state index contributed by atoms with van der Waals surface area (Å²) in [6, 6.07) is 14.1. The highest BCUT2D eigenvalue weighted by atomic mass is 35.5. The molecule has 0 saturated carbocycles. The largest absolute Gasteiger partial charge is 0.481 e. The lowest BCUT2D eigenvalue weighted by atomic mass is 9.96. The van der Waals surface area contributed by atoms with Crippen molar-refractivity contribution in [3.8, 4) is 5.69 Å². The molecule has 3 N–H and O–H groups in total. The zero-order valence-electron chi connectivity index (χ0n) is 18.8. The van der Waals surface area contributed by atoms with E-state index in [2.05, 4.69) is 15.7 Å². The van der Waals surface area contributed by atoms with Crippen LogP contribution in [0.4, 0.5) is 5.82 Å². The van der Waals surface area contributed by atoms with E-state index in [9.17, 15) is 19.5 Å². The Hall–Kier alpha value is -3.36. The number of benzene rings is 2. The Balaban J connectivity index is 1.96. The normalized spacial score (nSPS) is 12.1.